The van der Waals surface area contributed by atoms with Gasteiger partial charge in [0.1, 0.15) is 17.0 Å². The summed E-state index contributed by atoms with van der Waals surface area (Å²) in [6.07, 6.45) is 5.00. The lowest BCUT2D eigenvalue weighted by molar-refractivity contribution is -0.113. The van der Waals surface area contributed by atoms with Crippen LogP contribution in [0.2, 0.25) is 0 Å². The highest BCUT2D eigenvalue weighted by Crippen LogP contribution is 2.43. The normalized spacial score (nSPS) is 16.4. The van der Waals surface area contributed by atoms with Crippen LogP contribution in [0.1, 0.15) is 37.6 Å². The minimum atomic E-state index is -0.457. The van der Waals surface area contributed by atoms with Crippen molar-refractivity contribution in [3.63, 3.8) is 0 Å². The highest BCUT2D eigenvalue weighted by molar-refractivity contribution is 7.99. The molecule has 1 N–H and O–H groups in total. The highest BCUT2D eigenvalue weighted by Gasteiger charge is 2.31. The molecular formula is C23H24FN5OS2. The van der Waals surface area contributed by atoms with Crippen LogP contribution >= 0.6 is 23.1 Å². The lowest BCUT2D eigenvalue weighted by Gasteiger charge is -2.33. The molecule has 0 aliphatic heterocycles. The quantitative estimate of drug-likeness (QED) is 0.408. The van der Waals surface area contributed by atoms with Gasteiger partial charge in [-0.1, -0.05) is 44.7 Å². The van der Waals surface area contributed by atoms with E-state index in [1.54, 1.807) is 29.8 Å². The predicted octanol–water partition coefficient (Wildman–Crippen LogP) is 5.36. The third-order valence-corrected chi connectivity index (χ3v) is 8.24. The first kappa shape index (κ1) is 21.3. The lowest BCUT2D eigenvalue weighted by atomic mass is 9.72. The van der Waals surface area contributed by atoms with Crippen molar-refractivity contribution in [1.82, 2.24) is 19.6 Å². The largest absolute Gasteiger partial charge is 0.323 e. The summed E-state index contributed by atoms with van der Waals surface area (Å²) in [5.74, 6) is 0.00619. The number of nitrogens with zero attached hydrogens (tertiary/aromatic N) is 4. The summed E-state index contributed by atoms with van der Waals surface area (Å²) < 4.78 is 15.6. The maximum atomic E-state index is 13.8. The van der Waals surface area contributed by atoms with Crippen LogP contribution < -0.4 is 5.32 Å². The summed E-state index contributed by atoms with van der Waals surface area (Å²) in [6.45, 7) is 6.95. The number of carbonyl (C=O) groups excluding carboxylic acids is 1. The van der Waals surface area contributed by atoms with E-state index in [1.165, 1.54) is 34.3 Å². The SMILES string of the molecule is CC(C)(C)[C@H]1CCc2c(sc3ncn4c(SCC(=O)Nc5ccccc5F)nnc4c23)C1. The molecule has 6 nitrogen and oxygen atoms in total. The zero-order valence-corrected chi connectivity index (χ0v) is 19.8. The Balaban J connectivity index is 1.38. The van der Waals surface area contributed by atoms with E-state index in [4.69, 9.17) is 0 Å². The second-order valence-electron chi connectivity index (χ2n) is 9.23. The molecule has 4 aromatic rings. The van der Waals surface area contributed by atoms with Crippen LogP contribution in [0.15, 0.2) is 35.7 Å². The molecule has 0 spiro atoms. The maximum absolute atomic E-state index is 13.8. The van der Waals surface area contributed by atoms with Crippen LogP contribution in [0.5, 0.6) is 0 Å². The molecule has 9 heteroatoms. The van der Waals surface area contributed by atoms with E-state index >= 15 is 0 Å². The van der Waals surface area contributed by atoms with Crippen molar-refractivity contribution < 1.29 is 9.18 Å². The molecule has 0 saturated carbocycles. The molecule has 5 rings (SSSR count). The maximum Gasteiger partial charge on any atom is 0.234 e. The van der Waals surface area contributed by atoms with Gasteiger partial charge in [-0.25, -0.2) is 9.37 Å². The fourth-order valence-corrected chi connectivity index (χ4v) is 6.24. The van der Waals surface area contributed by atoms with Gasteiger partial charge in [0.05, 0.1) is 16.8 Å². The number of aryl methyl sites for hydroxylation is 1. The number of aromatic nitrogens is 4. The number of thiophene rings is 1. The molecule has 1 amide bonds. The van der Waals surface area contributed by atoms with E-state index in [-0.39, 0.29) is 17.3 Å². The van der Waals surface area contributed by atoms with E-state index in [2.05, 4.69) is 41.3 Å². The number of fused-ring (bicyclic) bond motifs is 5. The zero-order chi connectivity index (χ0) is 22.5. The molecule has 0 saturated heterocycles. The van der Waals surface area contributed by atoms with Gasteiger partial charge in [-0.05, 0) is 48.3 Å². The van der Waals surface area contributed by atoms with Crippen molar-refractivity contribution in [3.05, 3.63) is 46.9 Å². The van der Waals surface area contributed by atoms with Crippen molar-refractivity contribution >= 4 is 50.6 Å². The number of hydrogen-bond acceptors (Lipinski definition) is 6. The number of anilines is 1. The third-order valence-electron chi connectivity index (χ3n) is 6.13. The Labute approximate surface area is 193 Å². The van der Waals surface area contributed by atoms with Crippen LogP contribution in [-0.4, -0.2) is 31.2 Å². The molecule has 3 aromatic heterocycles. The Morgan fingerprint density at radius 2 is 2.12 bits per heavy atom. The molecule has 0 radical (unpaired) electrons. The molecule has 0 bridgehead atoms. The highest BCUT2D eigenvalue weighted by atomic mass is 32.2. The van der Waals surface area contributed by atoms with E-state index in [1.807, 2.05) is 4.40 Å². The second kappa shape index (κ2) is 8.12. The first-order valence-corrected chi connectivity index (χ1v) is 12.4. The first-order valence-electron chi connectivity index (χ1n) is 10.6. The molecule has 1 aromatic carbocycles. The predicted molar refractivity (Wildman–Crippen MR) is 127 cm³/mol. The monoisotopic (exact) mass is 469 g/mol. The van der Waals surface area contributed by atoms with Crippen LogP contribution in [0.25, 0.3) is 15.9 Å². The average molecular weight is 470 g/mol. The van der Waals surface area contributed by atoms with Crippen LogP contribution in [0.4, 0.5) is 10.1 Å². The van der Waals surface area contributed by atoms with Gasteiger partial charge in [0.2, 0.25) is 5.91 Å². The first-order chi connectivity index (χ1) is 15.3. The summed E-state index contributed by atoms with van der Waals surface area (Å²) >= 11 is 3.03. The molecule has 166 valence electrons. The third kappa shape index (κ3) is 3.88. The van der Waals surface area contributed by atoms with Crippen molar-refractivity contribution in [2.45, 2.75) is 45.2 Å². The molecule has 1 aliphatic carbocycles. The van der Waals surface area contributed by atoms with Gasteiger partial charge in [0.25, 0.3) is 0 Å². The zero-order valence-electron chi connectivity index (χ0n) is 18.2. The molecule has 3 heterocycles. The summed E-state index contributed by atoms with van der Waals surface area (Å²) in [5.41, 5.74) is 2.60. The molecule has 1 aliphatic rings. The van der Waals surface area contributed by atoms with E-state index in [9.17, 15) is 9.18 Å². The number of nitrogens with one attached hydrogen (secondary N) is 1. The standard InChI is InChI=1S/C23H24FN5OS2/c1-23(2,3)13-8-9-14-17(10-13)32-21-19(14)20-27-28-22(29(20)12-25-21)31-11-18(30)26-16-7-5-4-6-15(16)24/h4-7,12-13H,8-11H2,1-3H3,(H,26,30)/t13-/m0/s1. The van der Waals surface area contributed by atoms with Crippen LogP contribution in [-0.2, 0) is 17.6 Å². The second-order valence-corrected chi connectivity index (χ2v) is 11.3. The number of para-hydroxylation sites is 1. The van der Waals surface area contributed by atoms with Gasteiger partial charge >= 0.3 is 0 Å². The van der Waals surface area contributed by atoms with Gasteiger partial charge in [-0.2, -0.15) is 0 Å². The Bertz CT molecular complexity index is 1320. The molecule has 0 fully saturated rings. The number of halogens is 1. The molecular weight excluding hydrogens is 445 g/mol. The number of thioether (sulfide) groups is 1. The van der Waals surface area contributed by atoms with Gasteiger partial charge in [0, 0.05) is 4.88 Å². The topological polar surface area (TPSA) is 72.2 Å². The van der Waals surface area contributed by atoms with E-state index < -0.39 is 5.82 Å². The fraction of sp³-hybridized carbons (Fsp3) is 0.391. The number of rotatable bonds is 4. The van der Waals surface area contributed by atoms with Crippen LogP contribution in [0, 0.1) is 17.2 Å². The van der Waals surface area contributed by atoms with Gasteiger partial charge in [-0.15, -0.1) is 21.5 Å². The number of benzene rings is 1. The van der Waals surface area contributed by atoms with Gasteiger partial charge < -0.3 is 5.32 Å². The van der Waals surface area contributed by atoms with E-state index in [0.29, 0.717) is 16.5 Å². The van der Waals surface area contributed by atoms with Crippen molar-refractivity contribution in [2.24, 2.45) is 11.3 Å². The van der Waals surface area contributed by atoms with Gasteiger partial charge in [0.15, 0.2) is 10.8 Å². The Kier molecular flexibility index (Phi) is 5.41. The summed E-state index contributed by atoms with van der Waals surface area (Å²) in [6, 6.07) is 6.12. The summed E-state index contributed by atoms with van der Waals surface area (Å²) in [7, 11) is 0. The van der Waals surface area contributed by atoms with Gasteiger partial charge in [-0.3, -0.25) is 9.20 Å². The molecule has 1 atom stereocenters. The fourth-order valence-electron chi connectivity index (χ4n) is 4.27. The minimum Gasteiger partial charge on any atom is -0.323 e. The average Bonchev–Trinajstić information content (AvgIpc) is 3.33. The summed E-state index contributed by atoms with van der Waals surface area (Å²) in [5, 5.41) is 13.0. The Hall–Kier alpha value is -2.52. The van der Waals surface area contributed by atoms with Crippen molar-refractivity contribution in [3.8, 4) is 0 Å². The smallest absolute Gasteiger partial charge is 0.234 e. The molecule has 32 heavy (non-hydrogen) atoms. The summed E-state index contributed by atoms with van der Waals surface area (Å²) in [4.78, 5) is 19.4. The van der Waals surface area contributed by atoms with Crippen molar-refractivity contribution in [1.29, 1.82) is 0 Å². The minimum absolute atomic E-state index is 0.0994. The Morgan fingerprint density at radius 1 is 1.31 bits per heavy atom. The van der Waals surface area contributed by atoms with Crippen molar-refractivity contribution in [2.75, 3.05) is 11.1 Å². The number of amides is 1. The Morgan fingerprint density at radius 3 is 2.91 bits per heavy atom. The number of carbonyl (C=O) groups is 1. The van der Waals surface area contributed by atoms with E-state index in [0.717, 1.165) is 35.1 Å². The number of hydrogen-bond donors (Lipinski definition) is 1. The van der Waals surface area contributed by atoms with Crippen LogP contribution in [0.3, 0.4) is 0 Å². The molecule has 0 unspecified atom stereocenters. The lowest BCUT2D eigenvalue weighted by Crippen LogP contribution is -2.26.